The predicted molar refractivity (Wildman–Crippen MR) is 111 cm³/mol. The van der Waals surface area contributed by atoms with E-state index < -0.39 is 11.3 Å². The summed E-state index contributed by atoms with van der Waals surface area (Å²) in [5, 5.41) is 1.19. The first-order chi connectivity index (χ1) is 13.4. The van der Waals surface area contributed by atoms with E-state index in [4.69, 9.17) is 14.3 Å². The summed E-state index contributed by atoms with van der Waals surface area (Å²) >= 11 is 0. The second-order valence-corrected chi connectivity index (χ2v) is 9.62. The van der Waals surface area contributed by atoms with Crippen LogP contribution in [0.4, 0.5) is 4.79 Å². The predicted octanol–water partition coefficient (Wildman–Crippen LogP) is 4.13. The Morgan fingerprint density at radius 1 is 1.31 bits per heavy atom. The quantitative estimate of drug-likeness (QED) is 0.466. The van der Waals surface area contributed by atoms with Gasteiger partial charge in [-0.05, 0) is 59.3 Å². The van der Waals surface area contributed by atoms with Crippen LogP contribution >= 0.6 is 0 Å². The molecule has 0 aromatic heterocycles. The SMILES string of the molecule is CON(C)C(=O)C=CC[C@@H](CC1CCC1)[C@@H]1COC(C)(C)N1C(=O)OC(C)(C)C. The molecular formula is C22H38N2O5. The Balaban J connectivity index is 2.17. The molecule has 2 fully saturated rings. The zero-order chi connectivity index (χ0) is 21.8. The number of nitrogens with zero attached hydrogens (tertiary/aromatic N) is 2. The number of carbonyl (C=O) groups is 2. The van der Waals surface area contributed by atoms with Gasteiger partial charge in [0.1, 0.15) is 11.3 Å². The van der Waals surface area contributed by atoms with Gasteiger partial charge in [-0.15, -0.1) is 0 Å². The molecule has 166 valence electrons. The first-order valence-corrected chi connectivity index (χ1v) is 10.6. The maximum Gasteiger partial charge on any atom is 0.412 e. The molecule has 7 nitrogen and oxygen atoms in total. The van der Waals surface area contributed by atoms with Crippen LogP contribution in [0.2, 0.25) is 0 Å². The fourth-order valence-electron chi connectivity index (χ4n) is 3.95. The minimum absolute atomic E-state index is 0.0830. The van der Waals surface area contributed by atoms with Crippen LogP contribution in [0.1, 0.15) is 66.7 Å². The van der Waals surface area contributed by atoms with Gasteiger partial charge in [0.2, 0.25) is 0 Å². The van der Waals surface area contributed by atoms with Gasteiger partial charge < -0.3 is 9.47 Å². The van der Waals surface area contributed by atoms with E-state index in [0.29, 0.717) is 18.9 Å². The van der Waals surface area contributed by atoms with Crippen LogP contribution in [0.5, 0.6) is 0 Å². The highest BCUT2D eigenvalue weighted by molar-refractivity contribution is 5.86. The third kappa shape index (κ3) is 6.44. The van der Waals surface area contributed by atoms with Crippen LogP contribution in [-0.2, 0) is 19.1 Å². The monoisotopic (exact) mass is 410 g/mol. The molecule has 0 aromatic rings. The lowest BCUT2D eigenvalue weighted by Gasteiger charge is -2.39. The third-order valence-electron chi connectivity index (χ3n) is 5.80. The van der Waals surface area contributed by atoms with Gasteiger partial charge in [0.15, 0.2) is 0 Å². The lowest BCUT2D eigenvalue weighted by Crippen LogP contribution is -2.52. The molecule has 1 aliphatic heterocycles. The highest BCUT2D eigenvalue weighted by atomic mass is 16.7. The molecule has 2 aliphatic rings. The molecule has 2 rings (SSSR count). The molecule has 0 bridgehead atoms. The second kappa shape index (κ2) is 9.47. The lowest BCUT2D eigenvalue weighted by atomic mass is 9.76. The third-order valence-corrected chi connectivity index (χ3v) is 5.80. The van der Waals surface area contributed by atoms with Crippen LogP contribution in [0, 0.1) is 11.8 Å². The normalized spacial score (nSPS) is 23.1. The molecule has 2 atom stereocenters. The Hall–Kier alpha value is -1.60. The average molecular weight is 411 g/mol. The summed E-state index contributed by atoms with van der Waals surface area (Å²) in [5.74, 6) is 0.670. The molecule has 0 radical (unpaired) electrons. The maximum absolute atomic E-state index is 13.0. The number of allylic oxidation sites excluding steroid dienone is 1. The van der Waals surface area contributed by atoms with Crippen molar-refractivity contribution in [3.63, 3.8) is 0 Å². The van der Waals surface area contributed by atoms with Crippen LogP contribution in [0.25, 0.3) is 0 Å². The molecule has 1 heterocycles. The van der Waals surface area contributed by atoms with Crippen molar-refractivity contribution in [1.82, 2.24) is 9.96 Å². The minimum atomic E-state index is -0.722. The van der Waals surface area contributed by atoms with E-state index in [1.165, 1.54) is 37.5 Å². The number of rotatable bonds is 7. The van der Waals surface area contributed by atoms with Crippen LogP contribution in [-0.4, -0.2) is 60.1 Å². The molecule has 0 spiro atoms. The molecule has 1 saturated heterocycles. The smallest absolute Gasteiger partial charge is 0.412 e. The van der Waals surface area contributed by atoms with E-state index in [2.05, 4.69) is 0 Å². The van der Waals surface area contributed by atoms with Crippen molar-refractivity contribution in [3.8, 4) is 0 Å². The number of amides is 2. The molecule has 29 heavy (non-hydrogen) atoms. The van der Waals surface area contributed by atoms with Gasteiger partial charge in [0.05, 0.1) is 19.8 Å². The fourth-order valence-corrected chi connectivity index (χ4v) is 3.95. The van der Waals surface area contributed by atoms with Gasteiger partial charge in [-0.25, -0.2) is 9.86 Å². The largest absolute Gasteiger partial charge is 0.444 e. The van der Waals surface area contributed by atoms with Crippen molar-refractivity contribution in [2.45, 2.75) is 84.1 Å². The van der Waals surface area contributed by atoms with Crippen molar-refractivity contribution in [2.24, 2.45) is 11.8 Å². The Morgan fingerprint density at radius 3 is 2.48 bits per heavy atom. The number of ether oxygens (including phenoxy) is 2. The standard InChI is InChI=1S/C22H38N2O5/c1-21(2,3)29-20(26)24-18(15-28-22(24,4)5)17(14-16-10-8-11-16)12-9-13-19(25)23(6)27-7/h9,13,16-18H,8,10-12,14-15H2,1-7H3/t17-,18-/m0/s1. The first-order valence-electron chi connectivity index (χ1n) is 10.6. The van der Waals surface area contributed by atoms with E-state index >= 15 is 0 Å². The molecule has 7 heteroatoms. The highest BCUT2D eigenvalue weighted by Crippen LogP contribution is 2.40. The minimum Gasteiger partial charge on any atom is -0.444 e. The zero-order valence-corrected chi connectivity index (χ0v) is 19.1. The summed E-state index contributed by atoms with van der Waals surface area (Å²) in [6.07, 6.45) is 8.53. The molecular weight excluding hydrogens is 372 g/mol. The van der Waals surface area contributed by atoms with Crippen molar-refractivity contribution in [1.29, 1.82) is 0 Å². The van der Waals surface area contributed by atoms with Gasteiger partial charge in [-0.2, -0.15) is 0 Å². The Labute approximate surface area is 175 Å². The lowest BCUT2D eigenvalue weighted by molar-refractivity contribution is -0.162. The average Bonchev–Trinajstić information content (AvgIpc) is 2.88. The Morgan fingerprint density at radius 2 is 1.97 bits per heavy atom. The van der Waals surface area contributed by atoms with Gasteiger partial charge in [0, 0.05) is 13.1 Å². The molecule has 0 unspecified atom stereocenters. The van der Waals surface area contributed by atoms with Crippen LogP contribution in [0.3, 0.4) is 0 Å². The first kappa shape index (κ1) is 23.7. The van der Waals surface area contributed by atoms with E-state index in [0.717, 1.165) is 6.42 Å². The Bertz CT molecular complexity index is 607. The Kier molecular flexibility index (Phi) is 7.74. The summed E-state index contributed by atoms with van der Waals surface area (Å²) in [7, 11) is 3.04. The van der Waals surface area contributed by atoms with Crippen molar-refractivity contribution < 1.29 is 23.9 Å². The number of hydrogen-bond donors (Lipinski definition) is 0. The number of carbonyl (C=O) groups excluding carboxylic acids is 2. The number of hydrogen-bond acceptors (Lipinski definition) is 5. The van der Waals surface area contributed by atoms with Crippen molar-refractivity contribution in [2.75, 3.05) is 20.8 Å². The van der Waals surface area contributed by atoms with Crippen molar-refractivity contribution >= 4 is 12.0 Å². The molecule has 1 aliphatic carbocycles. The number of hydroxylamine groups is 2. The molecule has 1 saturated carbocycles. The summed E-state index contributed by atoms with van der Waals surface area (Å²) in [5.41, 5.74) is -1.29. The van der Waals surface area contributed by atoms with Gasteiger partial charge >= 0.3 is 6.09 Å². The van der Waals surface area contributed by atoms with E-state index in [9.17, 15) is 9.59 Å². The zero-order valence-electron chi connectivity index (χ0n) is 19.1. The summed E-state index contributed by atoms with van der Waals surface area (Å²) in [4.78, 5) is 31.7. The van der Waals surface area contributed by atoms with E-state index in [1.807, 2.05) is 40.7 Å². The van der Waals surface area contributed by atoms with E-state index in [1.54, 1.807) is 11.9 Å². The van der Waals surface area contributed by atoms with Gasteiger partial charge in [-0.3, -0.25) is 14.5 Å². The fraction of sp³-hybridized carbons (Fsp3) is 0.818. The topological polar surface area (TPSA) is 68.3 Å². The summed E-state index contributed by atoms with van der Waals surface area (Å²) < 4.78 is 11.7. The van der Waals surface area contributed by atoms with E-state index in [-0.39, 0.29) is 24.0 Å². The number of likely N-dealkylation sites (N-methyl/N-ethyl adjacent to an activating group) is 1. The summed E-state index contributed by atoms with van der Waals surface area (Å²) in [6, 6.07) is -0.0830. The second-order valence-electron chi connectivity index (χ2n) is 9.62. The van der Waals surface area contributed by atoms with Crippen LogP contribution < -0.4 is 0 Å². The highest BCUT2D eigenvalue weighted by Gasteiger charge is 2.48. The van der Waals surface area contributed by atoms with Gasteiger partial charge in [-0.1, -0.05) is 25.3 Å². The van der Waals surface area contributed by atoms with Crippen LogP contribution in [0.15, 0.2) is 12.2 Å². The van der Waals surface area contributed by atoms with Gasteiger partial charge in [0.25, 0.3) is 5.91 Å². The van der Waals surface area contributed by atoms with Crippen molar-refractivity contribution in [3.05, 3.63) is 12.2 Å². The maximum atomic E-state index is 13.0. The summed E-state index contributed by atoms with van der Waals surface area (Å²) in [6.45, 7) is 9.90. The molecule has 0 aromatic carbocycles. The molecule has 0 N–H and O–H groups in total. The molecule has 2 amide bonds.